The summed E-state index contributed by atoms with van der Waals surface area (Å²) in [5.74, 6) is -0.521. The molecular weight excluding hydrogens is 306 g/mol. The van der Waals surface area contributed by atoms with Crippen molar-refractivity contribution in [1.29, 1.82) is 0 Å². The molecule has 0 saturated heterocycles. The van der Waals surface area contributed by atoms with Crippen molar-refractivity contribution in [2.45, 2.75) is 6.92 Å². The van der Waals surface area contributed by atoms with Gasteiger partial charge in [0.25, 0.3) is 5.91 Å². The zero-order chi connectivity index (χ0) is 16.1. The predicted octanol–water partition coefficient (Wildman–Crippen LogP) is 3.47. The third kappa shape index (κ3) is 3.56. The van der Waals surface area contributed by atoms with Crippen molar-refractivity contribution in [3.05, 3.63) is 59.1 Å². The van der Waals surface area contributed by atoms with Crippen molar-refractivity contribution in [2.75, 3.05) is 12.2 Å². The largest absolute Gasteiger partial charge is 0.465 e. The molecule has 0 radical (unpaired) electrons. The number of benzene rings is 2. The average Bonchev–Trinajstić information content (AvgIpc) is 2.53. The SMILES string of the molecule is COC(=O)c1ccccc1N(Oc1ccc(Cl)cc1)C(C)=O. The van der Waals surface area contributed by atoms with Gasteiger partial charge in [-0.05, 0) is 36.4 Å². The fourth-order valence-corrected chi connectivity index (χ4v) is 1.94. The summed E-state index contributed by atoms with van der Waals surface area (Å²) in [6.07, 6.45) is 0. The lowest BCUT2D eigenvalue weighted by Gasteiger charge is -2.22. The van der Waals surface area contributed by atoms with E-state index < -0.39 is 5.97 Å². The number of anilines is 1. The second-order valence-corrected chi connectivity index (χ2v) is 4.80. The molecule has 0 aliphatic rings. The summed E-state index contributed by atoms with van der Waals surface area (Å²) in [4.78, 5) is 29.3. The molecule has 0 aliphatic carbocycles. The summed E-state index contributed by atoms with van der Waals surface area (Å²) in [6, 6.07) is 13.1. The first-order chi connectivity index (χ1) is 10.5. The van der Waals surface area contributed by atoms with Crippen LogP contribution in [0.25, 0.3) is 0 Å². The van der Waals surface area contributed by atoms with Crippen molar-refractivity contribution in [2.24, 2.45) is 0 Å². The zero-order valence-corrected chi connectivity index (χ0v) is 12.8. The second kappa shape index (κ2) is 6.95. The van der Waals surface area contributed by atoms with Crippen LogP contribution in [0.3, 0.4) is 0 Å². The van der Waals surface area contributed by atoms with Crippen LogP contribution in [-0.4, -0.2) is 19.0 Å². The molecule has 1 amide bonds. The molecule has 0 heterocycles. The summed E-state index contributed by atoms with van der Waals surface area (Å²) in [7, 11) is 1.28. The Kier molecular flexibility index (Phi) is 5.01. The Balaban J connectivity index is 2.38. The van der Waals surface area contributed by atoms with E-state index in [1.165, 1.54) is 14.0 Å². The Hall–Kier alpha value is -2.53. The Bertz CT molecular complexity index is 685. The minimum Gasteiger partial charge on any atom is -0.465 e. The van der Waals surface area contributed by atoms with Crippen LogP contribution in [0.1, 0.15) is 17.3 Å². The van der Waals surface area contributed by atoms with Gasteiger partial charge in [-0.3, -0.25) is 4.79 Å². The highest BCUT2D eigenvalue weighted by atomic mass is 35.5. The minimum atomic E-state index is -0.554. The number of ether oxygens (including phenoxy) is 1. The van der Waals surface area contributed by atoms with Crippen molar-refractivity contribution in [3.63, 3.8) is 0 Å². The number of hydrogen-bond donors (Lipinski definition) is 0. The van der Waals surface area contributed by atoms with Gasteiger partial charge in [0.2, 0.25) is 0 Å². The first-order valence-electron chi connectivity index (χ1n) is 6.44. The fourth-order valence-electron chi connectivity index (χ4n) is 1.82. The number of carbonyl (C=O) groups excluding carboxylic acids is 2. The van der Waals surface area contributed by atoms with Crippen LogP contribution in [-0.2, 0) is 9.53 Å². The van der Waals surface area contributed by atoms with Gasteiger partial charge in [-0.2, -0.15) is 0 Å². The lowest BCUT2D eigenvalue weighted by atomic mass is 10.1. The number of para-hydroxylation sites is 1. The Labute approximate surface area is 133 Å². The standard InChI is InChI=1S/C16H14ClNO4/c1-11(19)18(22-13-9-7-12(17)8-10-13)15-6-4-3-5-14(15)16(20)21-2/h3-10H,1-2H3. The van der Waals surface area contributed by atoms with Gasteiger partial charge in [0, 0.05) is 11.9 Å². The number of rotatable bonds is 4. The van der Waals surface area contributed by atoms with Gasteiger partial charge < -0.3 is 9.57 Å². The first kappa shape index (κ1) is 15.9. The summed E-state index contributed by atoms with van der Waals surface area (Å²) < 4.78 is 4.72. The van der Waals surface area contributed by atoms with Crippen LogP contribution in [0.4, 0.5) is 5.69 Å². The van der Waals surface area contributed by atoms with Crippen molar-refractivity contribution in [1.82, 2.24) is 0 Å². The van der Waals surface area contributed by atoms with Gasteiger partial charge >= 0.3 is 5.97 Å². The van der Waals surface area contributed by atoms with Gasteiger partial charge in [-0.1, -0.05) is 23.7 Å². The first-order valence-corrected chi connectivity index (χ1v) is 6.82. The number of amides is 1. The Morgan fingerprint density at radius 2 is 1.68 bits per heavy atom. The van der Waals surface area contributed by atoms with E-state index in [0.29, 0.717) is 16.5 Å². The summed E-state index contributed by atoms with van der Waals surface area (Å²) in [6.45, 7) is 1.34. The van der Waals surface area contributed by atoms with Crippen LogP contribution in [0.2, 0.25) is 5.02 Å². The average molecular weight is 320 g/mol. The van der Waals surface area contributed by atoms with Gasteiger partial charge in [-0.25, -0.2) is 4.79 Å². The van der Waals surface area contributed by atoms with Crippen LogP contribution in [0.15, 0.2) is 48.5 Å². The lowest BCUT2D eigenvalue weighted by molar-refractivity contribution is -0.120. The Morgan fingerprint density at radius 3 is 2.27 bits per heavy atom. The summed E-state index contributed by atoms with van der Waals surface area (Å²) >= 11 is 5.82. The van der Waals surface area contributed by atoms with E-state index in [4.69, 9.17) is 21.2 Å². The van der Waals surface area contributed by atoms with E-state index in [1.54, 1.807) is 48.5 Å². The lowest BCUT2D eigenvalue weighted by Crippen LogP contribution is -2.33. The van der Waals surface area contributed by atoms with Gasteiger partial charge in [0.15, 0.2) is 5.75 Å². The van der Waals surface area contributed by atoms with Gasteiger partial charge in [0.1, 0.15) is 0 Å². The van der Waals surface area contributed by atoms with E-state index >= 15 is 0 Å². The number of hydroxylamine groups is 1. The summed E-state index contributed by atoms with van der Waals surface area (Å²) in [5.41, 5.74) is 0.533. The third-order valence-electron chi connectivity index (χ3n) is 2.82. The molecule has 0 aromatic heterocycles. The maximum atomic E-state index is 11.9. The quantitative estimate of drug-likeness (QED) is 0.639. The van der Waals surface area contributed by atoms with E-state index in [2.05, 4.69) is 0 Å². The molecule has 0 N–H and O–H groups in total. The summed E-state index contributed by atoms with van der Waals surface area (Å²) in [5, 5.41) is 1.59. The smallest absolute Gasteiger partial charge is 0.340 e. The highest BCUT2D eigenvalue weighted by Crippen LogP contribution is 2.24. The number of nitrogens with zero attached hydrogens (tertiary/aromatic N) is 1. The van der Waals surface area contributed by atoms with Crippen LogP contribution in [0, 0.1) is 0 Å². The number of hydrogen-bond acceptors (Lipinski definition) is 4. The second-order valence-electron chi connectivity index (χ2n) is 4.37. The topological polar surface area (TPSA) is 55.8 Å². The van der Waals surface area contributed by atoms with E-state index in [0.717, 1.165) is 5.06 Å². The highest BCUT2D eigenvalue weighted by molar-refractivity contribution is 6.30. The van der Waals surface area contributed by atoms with Crippen LogP contribution in [0.5, 0.6) is 5.75 Å². The maximum Gasteiger partial charge on any atom is 0.340 e. The molecule has 0 bridgehead atoms. The fraction of sp³-hybridized carbons (Fsp3) is 0.125. The van der Waals surface area contributed by atoms with Crippen molar-refractivity contribution >= 4 is 29.2 Å². The van der Waals surface area contributed by atoms with Gasteiger partial charge in [-0.15, -0.1) is 5.06 Å². The molecule has 0 saturated carbocycles. The van der Waals surface area contributed by atoms with Gasteiger partial charge in [0.05, 0.1) is 18.4 Å². The number of carbonyl (C=O) groups is 2. The monoisotopic (exact) mass is 319 g/mol. The predicted molar refractivity (Wildman–Crippen MR) is 83.0 cm³/mol. The van der Waals surface area contributed by atoms with Crippen molar-refractivity contribution < 1.29 is 19.2 Å². The molecule has 0 unspecified atom stereocenters. The van der Waals surface area contributed by atoms with Crippen molar-refractivity contribution in [3.8, 4) is 5.75 Å². The number of halogens is 1. The van der Waals surface area contributed by atoms with E-state index in [9.17, 15) is 9.59 Å². The number of esters is 1. The molecule has 2 aromatic rings. The van der Waals surface area contributed by atoms with E-state index in [-0.39, 0.29) is 11.5 Å². The van der Waals surface area contributed by atoms with Crippen LogP contribution < -0.4 is 9.90 Å². The van der Waals surface area contributed by atoms with Crippen LogP contribution >= 0.6 is 11.6 Å². The molecule has 5 nitrogen and oxygen atoms in total. The normalized spacial score (nSPS) is 9.95. The molecule has 0 spiro atoms. The molecule has 2 aromatic carbocycles. The minimum absolute atomic E-state index is 0.231. The molecule has 114 valence electrons. The van der Waals surface area contributed by atoms with E-state index in [1.807, 2.05) is 0 Å². The maximum absolute atomic E-state index is 11.9. The molecule has 6 heteroatoms. The zero-order valence-electron chi connectivity index (χ0n) is 12.1. The molecule has 22 heavy (non-hydrogen) atoms. The molecule has 2 rings (SSSR count). The molecule has 0 fully saturated rings. The third-order valence-corrected chi connectivity index (χ3v) is 3.08. The Morgan fingerprint density at radius 1 is 1.05 bits per heavy atom. The molecule has 0 aliphatic heterocycles. The number of methoxy groups -OCH3 is 1. The molecular formula is C16H14ClNO4. The molecule has 0 atom stereocenters. The highest BCUT2D eigenvalue weighted by Gasteiger charge is 2.21.